The van der Waals surface area contributed by atoms with Crippen molar-refractivity contribution in [1.29, 1.82) is 0 Å². The van der Waals surface area contributed by atoms with Crippen LogP contribution in [0.15, 0.2) is 30.3 Å². The largest absolute Gasteiger partial charge is 0.496 e. The number of halogens is 2. The normalized spacial score (nSPS) is 10.2. The number of methoxy groups -OCH3 is 3. The Balaban J connectivity index is 1.97. The maximum atomic E-state index is 13.5. The molecule has 0 saturated heterocycles. The van der Waals surface area contributed by atoms with Gasteiger partial charge >= 0.3 is 6.03 Å². The lowest BCUT2D eigenvalue weighted by Gasteiger charge is -2.14. The molecule has 6 nitrogen and oxygen atoms in total. The van der Waals surface area contributed by atoms with Crippen LogP contribution in [0.2, 0.25) is 0 Å². The van der Waals surface area contributed by atoms with Crippen LogP contribution < -0.4 is 24.8 Å². The molecule has 26 heavy (non-hydrogen) atoms. The van der Waals surface area contributed by atoms with Gasteiger partial charge in [-0.3, -0.25) is 0 Å². The Bertz CT molecular complexity index is 784. The Kier molecular flexibility index (Phi) is 6.60. The summed E-state index contributed by atoms with van der Waals surface area (Å²) in [6, 6.07) is 5.77. The number of ether oxygens (including phenoxy) is 3. The Morgan fingerprint density at radius 1 is 0.962 bits per heavy atom. The van der Waals surface area contributed by atoms with Crippen molar-refractivity contribution in [3.8, 4) is 17.2 Å². The highest BCUT2D eigenvalue weighted by Crippen LogP contribution is 2.34. The molecule has 2 N–H and O–H groups in total. The molecule has 2 aromatic rings. The van der Waals surface area contributed by atoms with Crippen molar-refractivity contribution in [3.63, 3.8) is 0 Å². The zero-order valence-electron chi connectivity index (χ0n) is 14.7. The quantitative estimate of drug-likeness (QED) is 0.789. The molecule has 0 bridgehead atoms. The zero-order chi connectivity index (χ0) is 19.1. The molecule has 0 atom stereocenters. The van der Waals surface area contributed by atoms with Crippen molar-refractivity contribution in [3.05, 3.63) is 47.5 Å². The van der Waals surface area contributed by atoms with E-state index in [1.165, 1.54) is 21.3 Å². The van der Waals surface area contributed by atoms with E-state index in [0.29, 0.717) is 29.7 Å². The molecule has 0 aliphatic heterocycles. The summed E-state index contributed by atoms with van der Waals surface area (Å²) in [6.45, 7) is 0.264. The molecule has 8 heteroatoms. The van der Waals surface area contributed by atoms with Gasteiger partial charge in [0, 0.05) is 18.7 Å². The minimum atomic E-state index is -0.846. The van der Waals surface area contributed by atoms with Crippen LogP contribution in [0.1, 0.15) is 5.56 Å². The number of carbonyl (C=O) groups excluding carboxylic acids is 1. The summed E-state index contributed by atoms with van der Waals surface area (Å²) in [5, 5.41) is 4.93. The number of urea groups is 1. The van der Waals surface area contributed by atoms with Crippen molar-refractivity contribution >= 4 is 11.7 Å². The number of rotatable bonds is 7. The smallest absolute Gasteiger partial charge is 0.319 e. The SMILES string of the molecule is COc1cc(OC)c(OC)cc1CCNC(=O)Nc1ccc(F)cc1F. The standard InChI is InChI=1S/C18H20F2N2O4/c1-24-15-10-17(26-3)16(25-2)8-11(15)6-7-21-18(23)22-14-5-4-12(19)9-13(14)20/h4-5,8-10H,6-7H2,1-3H3,(H2,21,22,23). The average Bonchev–Trinajstić information content (AvgIpc) is 2.63. The van der Waals surface area contributed by atoms with E-state index in [1.54, 1.807) is 12.1 Å². The fraction of sp³-hybridized carbons (Fsp3) is 0.278. The van der Waals surface area contributed by atoms with Gasteiger partial charge in [-0.1, -0.05) is 0 Å². The second-order valence-electron chi connectivity index (χ2n) is 5.27. The van der Waals surface area contributed by atoms with E-state index in [2.05, 4.69) is 10.6 Å². The first-order chi connectivity index (χ1) is 12.5. The number of hydrogen-bond acceptors (Lipinski definition) is 4. The van der Waals surface area contributed by atoms with Crippen LogP contribution in [0, 0.1) is 11.6 Å². The highest BCUT2D eigenvalue weighted by Gasteiger charge is 2.12. The monoisotopic (exact) mass is 366 g/mol. The van der Waals surface area contributed by atoms with Gasteiger partial charge in [-0.05, 0) is 30.2 Å². The molecule has 2 aromatic carbocycles. The van der Waals surface area contributed by atoms with Gasteiger partial charge in [-0.15, -0.1) is 0 Å². The van der Waals surface area contributed by atoms with Gasteiger partial charge in [0.25, 0.3) is 0 Å². The third-order valence-corrected chi connectivity index (χ3v) is 3.65. The van der Waals surface area contributed by atoms with Gasteiger partial charge in [-0.25, -0.2) is 13.6 Å². The first-order valence-corrected chi connectivity index (χ1v) is 7.77. The van der Waals surface area contributed by atoms with E-state index in [1.807, 2.05) is 0 Å². The lowest BCUT2D eigenvalue weighted by Crippen LogP contribution is -2.30. The topological polar surface area (TPSA) is 68.8 Å². The molecule has 0 unspecified atom stereocenters. The second-order valence-corrected chi connectivity index (χ2v) is 5.27. The molecule has 0 saturated carbocycles. The van der Waals surface area contributed by atoms with E-state index in [4.69, 9.17) is 14.2 Å². The minimum absolute atomic E-state index is 0.104. The average molecular weight is 366 g/mol. The molecule has 2 rings (SSSR count). The molecular weight excluding hydrogens is 346 g/mol. The summed E-state index contributed by atoms with van der Waals surface area (Å²) in [5.74, 6) is 0.108. The lowest BCUT2D eigenvalue weighted by molar-refractivity contribution is 0.252. The van der Waals surface area contributed by atoms with Crippen LogP contribution >= 0.6 is 0 Å². The number of hydrogen-bond donors (Lipinski definition) is 2. The summed E-state index contributed by atoms with van der Waals surface area (Å²) in [6.07, 6.45) is 0.447. The highest BCUT2D eigenvalue weighted by atomic mass is 19.1. The summed E-state index contributed by atoms with van der Waals surface area (Å²) in [7, 11) is 4.58. The fourth-order valence-electron chi connectivity index (χ4n) is 2.36. The first kappa shape index (κ1) is 19.3. The molecule has 0 fully saturated rings. The van der Waals surface area contributed by atoms with Gasteiger partial charge in [0.2, 0.25) is 0 Å². The summed E-state index contributed by atoms with van der Waals surface area (Å²) in [5.41, 5.74) is 0.700. The van der Waals surface area contributed by atoms with Gasteiger partial charge in [0.1, 0.15) is 17.4 Å². The maximum absolute atomic E-state index is 13.5. The third-order valence-electron chi connectivity index (χ3n) is 3.65. The second kappa shape index (κ2) is 8.89. The van der Waals surface area contributed by atoms with E-state index in [9.17, 15) is 13.6 Å². The number of nitrogens with one attached hydrogen (secondary N) is 2. The molecular formula is C18H20F2N2O4. The van der Waals surface area contributed by atoms with Crippen LogP contribution in [0.25, 0.3) is 0 Å². The van der Waals surface area contributed by atoms with E-state index < -0.39 is 17.7 Å². The van der Waals surface area contributed by atoms with E-state index in [0.717, 1.165) is 17.7 Å². The van der Waals surface area contributed by atoms with Gasteiger partial charge in [0.15, 0.2) is 11.5 Å². The Morgan fingerprint density at radius 2 is 1.62 bits per heavy atom. The number of anilines is 1. The van der Waals surface area contributed by atoms with Crippen molar-refractivity contribution in [2.45, 2.75) is 6.42 Å². The molecule has 140 valence electrons. The predicted molar refractivity (Wildman–Crippen MR) is 93.2 cm³/mol. The molecule has 0 aromatic heterocycles. The van der Waals surface area contributed by atoms with Crippen molar-refractivity contribution in [2.75, 3.05) is 33.2 Å². The number of amides is 2. The Hall–Kier alpha value is -3.03. The van der Waals surface area contributed by atoms with Crippen LogP contribution in [-0.4, -0.2) is 33.9 Å². The first-order valence-electron chi connectivity index (χ1n) is 7.77. The minimum Gasteiger partial charge on any atom is -0.496 e. The molecule has 0 radical (unpaired) electrons. The number of carbonyl (C=O) groups is 1. The molecule has 0 heterocycles. The van der Waals surface area contributed by atoms with Crippen LogP contribution in [0.4, 0.5) is 19.3 Å². The van der Waals surface area contributed by atoms with Crippen LogP contribution in [0.3, 0.4) is 0 Å². The van der Waals surface area contributed by atoms with Gasteiger partial charge in [0.05, 0.1) is 27.0 Å². The molecule has 0 aliphatic rings. The van der Waals surface area contributed by atoms with Gasteiger partial charge in [-0.2, -0.15) is 0 Å². The molecule has 2 amide bonds. The maximum Gasteiger partial charge on any atom is 0.319 e. The molecule has 0 aliphatic carbocycles. The summed E-state index contributed by atoms with van der Waals surface area (Å²) in [4.78, 5) is 11.9. The lowest BCUT2D eigenvalue weighted by atomic mass is 10.1. The molecule has 0 spiro atoms. The number of benzene rings is 2. The predicted octanol–water partition coefficient (Wildman–Crippen LogP) is 3.35. The van der Waals surface area contributed by atoms with Crippen LogP contribution in [-0.2, 0) is 6.42 Å². The Morgan fingerprint density at radius 3 is 2.23 bits per heavy atom. The fourth-order valence-corrected chi connectivity index (χ4v) is 2.36. The van der Waals surface area contributed by atoms with Crippen molar-refractivity contribution < 1.29 is 27.8 Å². The third kappa shape index (κ3) is 4.75. The van der Waals surface area contributed by atoms with Gasteiger partial charge < -0.3 is 24.8 Å². The summed E-state index contributed by atoms with van der Waals surface area (Å²) < 4.78 is 42.2. The van der Waals surface area contributed by atoms with E-state index in [-0.39, 0.29) is 12.2 Å². The van der Waals surface area contributed by atoms with Crippen molar-refractivity contribution in [2.24, 2.45) is 0 Å². The van der Waals surface area contributed by atoms with Crippen LogP contribution in [0.5, 0.6) is 17.2 Å². The summed E-state index contributed by atoms with van der Waals surface area (Å²) >= 11 is 0. The van der Waals surface area contributed by atoms with E-state index >= 15 is 0 Å². The highest BCUT2D eigenvalue weighted by molar-refractivity contribution is 5.89. The Labute approximate surface area is 150 Å². The van der Waals surface area contributed by atoms with Crippen molar-refractivity contribution in [1.82, 2.24) is 5.32 Å². The zero-order valence-corrected chi connectivity index (χ0v) is 14.7.